The average molecular weight is 545 g/mol. The Morgan fingerprint density at radius 3 is 2.27 bits per heavy atom. The molecule has 5 heteroatoms. The van der Waals surface area contributed by atoms with Crippen LogP contribution in [0.15, 0.2) is 91.0 Å². The number of carbonyl (C=O) groups excluding carboxylic acids is 1. The summed E-state index contributed by atoms with van der Waals surface area (Å²) in [6.07, 6.45) is 0. The molecule has 5 nitrogen and oxygen atoms in total. The first-order chi connectivity index (χ1) is 19.5. The fourth-order valence-corrected chi connectivity index (χ4v) is 5.32. The van der Waals surface area contributed by atoms with Crippen molar-refractivity contribution in [3.05, 3.63) is 130 Å². The predicted octanol–water partition coefficient (Wildman–Crippen LogP) is 7.90. The second-order valence-corrected chi connectivity index (χ2v) is 11.7. The topological polar surface area (TPSA) is 71.3 Å². The van der Waals surface area contributed by atoms with Crippen LogP contribution in [0, 0.1) is 13.8 Å². The Morgan fingerprint density at radius 2 is 1.56 bits per heavy atom. The second-order valence-electron chi connectivity index (χ2n) is 11.7. The van der Waals surface area contributed by atoms with Gasteiger partial charge in [-0.25, -0.2) is 4.79 Å². The molecule has 0 aliphatic heterocycles. The second kappa shape index (κ2) is 11.1. The third-order valence-corrected chi connectivity index (χ3v) is 7.91. The summed E-state index contributed by atoms with van der Waals surface area (Å²) in [4.78, 5) is 24.7. The van der Waals surface area contributed by atoms with Crippen molar-refractivity contribution < 1.29 is 14.7 Å². The molecule has 4 aromatic carbocycles. The van der Waals surface area contributed by atoms with Crippen molar-refractivity contribution in [2.75, 3.05) is 0 Å². The van der Waals surface area contributed by atoms with Gasteiger partial charge in [0.25, 0.3) is 5.91 Å². The normalized spacial score (nSPS) is 11.5. The van der Waals surface area contributed by atoms with Crippen LogP contribution in [0.5, 0.6) is 0 Å². The van der Waals surface area contributed by atoms with E-state index in [4.69, 9.17) is 0 Å². The van der Waals surface area contributed by atoms with Gasteiger partial charge in [0.1, 0.15) is 0 Å². The number of amides is 1. The molecule has 2 N–H and O–H groups in total. The van der Waals surface area contributed by atoms with Gasteiger partial charge < -0.3 is 15.0 Å². The molecular weight excluding hydrogens is 508 g/mol. The summed E-state index contributed by atoms with van der Waals surface area (Å²) in [7, 11) is 0. The highest BCUT2D eigenvalue weighted by atomic mass is 16.4. The number of fused-ring (bicyclic) bond motifs is 1. The van der Waals surface area contributed by atoms with E-state index in [-0.39, 0.29) is 11.3 Å². The summed E-state index contributed by atoms with van der Waals surface area (Å²) < 4.78 is 2.27. The van der Waals surface area contributed by atoms with Crippen LogP contribution in [0.2, 0.25) is 0 Å². The number of aromatic carboxylic acids is 1. The minimum Gasteiger partial charge on any atom is -0.478 e. The smallest absolute Gasteiger partial charge is 0.336 e. The number of hydrogen-bond donors (Lipinski definition) is 2. The van der Waals surface area contributed by atoms with Crippen LogP contribution in [-0.4, -0.2) is 21.6 Å². The number of nitrogens with one attached hydrogen (secondary N) is 1. The van der Waals surface area contributed by atoms with Gasteiger partial charge in [-0.2, -0.15) is 0 Å². The summed E-state index contributed by atoms with van der Waals surface area (Å²) in [5.41, 5.74) is 9.40. The lowest BCUT2D eigenvalue weighted by molar-refractivity contribution is 0.0697. The highest BCUT2D eigenvalue weighted by Crippen LogP contribution is 2.29. The number of carbonyl (C=O) groups is 2. The highest BCUT2D eigenvalue weighted by Gasteiger charge is 2.17. The number of nitrogens with zero attached hydrogens (tertiary/aromatic N) is 1. The van der Waals surface area contributed by atoms with Crippen molar-refractivity contribution in [2.45, 2.75) is 53.1 Å². The largest absolute Gasteiger partial charge is 0.478 e. The summed E-state index contributed by atoms with van der Waals surface area (Å²) in [6, 6.07) is 29.4. The fraction of sp³-hybridized carbons (Fsp3) is 0.222. The van der Waals surface area contributed by atoms with E-state index < -0.39 is 5.97 Å². The van der Waals surface area contributed by atoms with Crippen molar-refractivity contribution >= 4 is 22.8 Å². The van der Waals surface area contributed by atoms with E-state index in [1.807, 2.05) is 66.7 Å². The zero-order valence-electron chi connectivity index (χ0n) is 24.3. The summed E-state index contributed by atoms with van der Waals surface area (Å²) in [6.45, 7) is 11.9. The minimum atomic E-state index is -0.933. The molecular formula is C36H36N2O3. The summed E-state index contributed by atoms with van der Waals surface area (Å²) in [5.74, 6) is -1.02. The molecule has 0 fully saturated rings. The lowest BCUT2D eigenvalue weighted by Crippen LogP contribution is -2.23. The molecule has 5 rings (SSSR count). The maximum Gasteiger partial charge on any atom is 0.336 e. The highest BCUT2D eigenvalue weighted by molar-refractivity contribution is 5.99. The van der Waals surface area contributed by atoms with Crippen LogP contribution in [0.1, 0.15) is 69.4 Å². The third kappa shape index (κ3) is 5.80. The van der Waals surface area contributed by atoms with Gasteiger partial charge in [0.2, 0.25) is 0 Å². The van der Waals surface area contributed by atoms with Crippen LogP contribution in [0.25, 0.3) is 22.0 Å². The van der Waals surface area contributed by atoms with Gasteiger partial charge in [-0.15, -0.1) is 0 Å². The first kappa shape index (κ1) is 27.9. The standard InChI is InChI=1S/C36H36N2O3/c1-23-24(2)38(22-25-13-15-27(16-14-25)30-11-6-7-12-31(30)35(40)41)33-18-17-28(20-32(23)33)34(39)37-21-26-9-8-10-29(19-26)36(3,4)5/h6-20H,21-22H2,1-5H3,(H,37,39)(H,40,41). The Balaban J connectivity index is 1.35. The molecule has 1 heterocycles. The van der Waals surface area contributed by atoms with Crippen LogP contribution in [-0.2, 0) is 18.5 Å². The number of hydrogen-bond acceptors (Lipinski definition) is 2. The molecule has 208 valence electrons. The monoisotopic (exact) mass is 544 g/mol. The molecule has 0 saturated heterocycles. The fourth-order valence-electron chi connectivity index (χ4n) is 5.32. The number of carboxylic acid groups (broad SMARTS) is 1. The molecule has 0 saturated carbocycles. The lowest BCUT2D eigenvalue weighted by Gasteiger charge is -2.19. The molecule has 0 bridgehead atoms. The first-order valence-electron chi connectivity index (χ1n) is 13.9. The molecule has 0 radical (unpaired) electrons. The van der Waals surface area contributed by atoms with Crippen molar-refractivity contribution in [1.82, 2.24) is 9.88 Å². The van der Waals surface area contributed by atoms with E-state index in [9.17, 15) is 14.7 Å². The van der Waals surface area contributed by atoms with Crippen molar-refractivity contribution in [1.29, 1.82) is 0 Å². The van der Waals surface area contributed by atoms with Gasteiger partial charge in [-0.1, -0.05) is 87.5 Å². The van der Waals surface area contributed by atoms with Crippen molar-refractivity contribution in [3.63, 3.8) is 0 Å². The SMILES string of the molecule is Cc1c(C)n(Cc2ccc(-c3ccccc3C(=O)O)cc2)c2ccc(C(=O)NCc3cccc(C(C)(C)C)c3)cc12. The molecule has 5 aromatic rings. The molecule has 1 amide bonds. The molecule has 0 spiro atoms. The Morgan fingerprint density at radius 1 is 0.829 bits per heavy atom. The van der Waals surface area contributed by atoms with Crippen molar-refractivity contribution in [2.24, 2.45) is 0 Å². The van der Waals surface area contributed by atoms with Crippen LogP contribution < -0.4 is 5.32 Å². The lowest BCUT2D eigenvalue weighted by atomic mass is 9.86. The molecule has 0 atom stereocenters. The zero-order chi connectivity index (χ0) is 29.3. The Bertz CT molecular complexity index is 1750. The van der Waals surface area contributed by atoms with Gasteiger partial charge in [-0.05, 0) is 76.9 Å². The zero-order valence-corrected chi connectivity index (χ0v) is 24.3. The third-order valence-electron chi connectivity index (χ3n) is 7.91. The number of aryl methyl sites for hydroxylation is 1. The van der Waals surface area contributed by atoms with E-state index in [0.29, 0.717) is 29.8 Å². The number of carboxylic acids is 1. The summed E-state index contributed by atoms with van der Waals surface area (Å²) >= 11 is 0. The minimum absolute atomic E-state index is 0.0570. The quantitative estimate of drug-likeness (QED) is 0.219. The van der Waals surface area contributed by atoms with Crippen LogP contribution in [0.3, 0.4) is 0 Å². The number of benzene rings is 4. The van der Waals surface area contributed by atoms with E-state index in [0.717, 1.165) is 38.9 Å². The van der Waals surface area contributed by atoms with E-state index in [1.54, 1.807) is 12.1 Å². The van der Waals surface area contributed by atoms with Gasteiger partial charge in [0.15, 0.2) is 0 Å². The Hall–Kier alpha value is -4.64. The average Bonchev–Trinajstić information content (AvgIpc) is 3.20. The molecule has 0 aliphatic carbocycles. The number of rotatable bonds is 7. The van der Waals surface area contributed by atoms with E-state index >= 15 is 0 Å². The van der Waals surface area contributed by atoms with Crippen molar-refractivity contribution in [3.8, 4) is 11.1 Å². The molecule has 41 heavy (non-hydrogen) atoms. The van der Waals surface area contributed by atoms with Gasteiger partial charge >= 0.3 is 5.97 Å². The van der Waals surface area contributed by atoms with Gasteiger partial charge in [0, 0.05) is 35.2 Å². The molecule has 1 aromatic heterocycles. The van der Waals surface area contributed by atoms with Crippen LogP contribution >= 0.6 is 0 Å². The Kier molecular flexibility index (Phi) is 7.55. The first-order valence-corrected chi connectivity index (χ1v) is 13.9. The molecule has 0 aliphatic rings. The summed E-state index contributed by atoms with van der Waals surface area (Å²) in [5, 5.41) is 13.7. The van der Waals surface area contributed by atoms with Gasteiger partial charge in [-0.3, -0.25) is 4.79 Å². The molecule has 0 unspecified atom stereocenters. The van der Waals surface area contributed by atoms with Gasteiger partial charge in [0.05, 0.1) is 5.56 Å². The predicted molar refractivity (Wildman–Crippen MR) is 166 cm³/mol. The van der Waals surface area contributed by atoms with E-state index in [1.165, 1.54) is 5.56 Å². The maximum atomic E-state index is 13.1. The Labute approximate surface area is 241 Å². The number of aromatic nitrogens is 1. The maximum absolute atomic E-state index is 13.1. The van der Waals surface area contributed by atoms with Crippen LogP contribution in [0.4, 0.5) is 0 Å². The van der Waals surface area contributed by atoms with E-state index in [2.05, 4.69) is 56.6 Å².